The lowest BCUT2D eigenvalue weighted by atomic mass is 9.96. The lowest BCUT2D eigenvalue weighted by molar-refractivity contribution is 0.0696. The van der Waals surface area contributed by atoms with Gasteiger partial charge in [-0.3, -0.25) is 14.4 Å². The molecule has 0 fully saturated rings. The summed E-state index contributed by atoms with van der Waals surface area (Å²) in [5.74, 6) is -0.246. The number of carbonyl (C=O) groups is 1. The number of fused-ring (bicyclic) bond motifs is 1. The third kappa shape index (κ3) is 5.29. The number of hydrogen-bond acceptors (Lipinski definition) is 8. The molecule has 1 aromatic heterocycles. The number of nitrogens with one attached hydrogen (secondary N) is 1. The van der Waals surface area contributed by atoms with Crippen LogP contribution in [0.1, 0.15) is 29.0 Å². The second-order valence-corrected chi connectivity index (χ2v) is 10.0. The Balaban J connectivity index is 1.75. The van der Waals surface area contributed by atoms with Crippen LogP contribution in [0.3, 0.4) is 0 Å². The fraction of sp³-hybridized carbons (Fsp3) is 0.129. The monoisotopic (exact) mass is 565 g/mol. The van der Waals surface area contributed by atoms with Crippen molar-refractivity contribution in [2.45, 2.75) is 13.0 Å². The van der Waals surface area contributed by atoms with E-state index >= 15 is 0 Å². The van der Waals surface area contributed by atoms with Gasteiger partial charge in [0.1, 0.15) is 16.5 Å². The van der Waals surface area contributed by atoms with Gasteiger partial charge in [-0.1, -0.05) is 48.2 Å². The largest absolute Gasteiger partial charge is 0.497 e. The number of methoxy groups -OCH3 is 1. The maximum Gasteiger partial charge on any atom is 0.335 e. The predicted molar refractivity (Wildman–Crippen MR) is 166 cm³/mol. The quantitative estimate of drug-likeness (QED) is 0.265. The van der Waals surface area contributed by atoms with E-state index in [9.17, 15) is 14.7 Å². The van der Waals surface area contributed by atoms with Gasteiger partial charge in [0.25, 0.3) is 5.56 Å². The van der Waals surface area contributed by atoms with Crippen LogP contribution < -0.4 is 15.6 Å². The summed E-state index contributed by atoms with van der Waals surface area (Å²) in [6.45, 7) is 5.65. The van der Waals surface area contributed by atoms with Crippen molar-refractivity contribution in [2.24, 2.45) is 15.0 Å². The zero-order valence-electron chi connectivity index (χ0n) is 22.7. The normalized spacial score (nSPS) is 15.6. The van der Waals surface area contributed by atoms with E-state index in [4.69, 9.17) is 4.74 Å². The van der Waals surface area contributed by atoms with E-state index in [1.54, 1.807) is 29.3 Å². The Bertz CT molecular complexity index is 1830. The number of rotatable bonds is 8. The Morgan fingerprint density at radius 1 is 1.12 bits per heavy atom. The van der Waals surface area contributed by atoms with E-state index in [0.717, 1.165) is 5.04 Å². The number of ether oxygens (including phenoxy) is 1. The van der Waals surface area contributed by atoms with Gasteiger partial charge in [-0.15, -0.1) is 0 Å². The second kappa shape index (κ2) is 11.6. The molecular weight excluding hydrogens is 538 g/mol. The lowest BCUT2D eigenvalue weighted by Crippen LogP contribution is -2.29. The van der Waals surface area contributed by atoms with Crippen molar-refractivity contribution >= 4 is 45.8 Å². The standard InChI is InChI=1S/C31H27N5O4S/c1-18(35-28(32-2)27-29(33-3)41-17-34-27)25-16-19-9-8-12-24(20-13-21(31(38)39)15-23(14-20)40-4)26(19)30(37)36(25)22-10-6-5-7-11-22/h5-18,35H,2H2,1,3-4H3,(H,38,39)/b28-27-,33-29+/t18-/m0/s1. The molecule has 2 heterocycles. The highest BCUT2D eigenvalue weighted by atomic mass is 32.2. The number of carboxylic acid groups (broad SMARTS) is 1. The lowest BCUT2D eigenvalue weighted by Gasteiger charge is -2.23. The molecular formula is C31H27N5O4S. The number of benzene rings is 3. The Morgan fingerprint density at radius 2 is 1.90 bits per heavy atom. The summed E-state index contributed by atoms with van der Waals surface area (Å²) >= 11 is 1.40. The SMILES string of the molecule is C=N/C(N[C@@H](C)c1cc2cccc(-c3cc(OC)cc(C(=O)O)c3)c2c(=O)n1-c1ccccc1)=C1/N=CS/C1=N/C. The number of carboxylic acids is 1. The van der Waals surface area contributed by atoms with Gasteiger partial charge in [0.2, 0.25) is 0 Å². The Labute approximate surface area is 240 Å². The van der Waals surface area contributed by atoms with Gasteiger partial charge in [0.05, 0.1) is 29.6 Å². The summed E-state index contributed by atoms with van der Waals surface area (Å²) in [5.41, 5.74) is 4.63. The molecule has 9 nitrogen and oxygen atoms in total. The number of thioether (sulfide) groups is 1. The number of nitrogens with zero attached hydrogens (tertiary/aromatic N) is 4. The minimum absolute atomic E-state index is 0.0643. The summed E-state index contributed by atoms with van der Waals surface area (Å²) in [6, 6.07) is 21.2. The molecule has 10 heteroatoms. The molecule has 4 aromatic rings. The Hall–Kier alpha value is -4.96. The molecule has 1 aliphatic heterocycles. The van der Waals surface area contributed by atoms with Crippen LogP contribution in [0.15, 0.2) is 104 Å². The molecule has 0 saturated heterocycles. The van der Waals surface area contributed by atoms with Crippen LogP contribution in [0.4, 0.5) is 0 Å². The molecule has 0 bridgehead atoms. The number of pyridine rings is 1. The molecule has 0 saturated carbocycles. The molecule has 0 unspecified atom stereocenters. The van der Waals surface area contributed by atoms with Crippen molar-refractivity contribution in [3.63, 3.8) is 0 Å². The van der Waals surface area contributed by atoms with Crippen molar-refractivity contribution < 1.29 is 14.6 Å². The number of para-hydroxylation sites is 1. The highest BCUT2D eigenvalue weighted by molar-refractivity contribution is 8.26. The number of aromatic carboxylic acids is 1. The first-order valence-corrected chi connectivity index (χ1v) is 13.5. The highest BCUT2D eigenvalue weighted by Gasteiger charge is 2.22. The molecule has 0 spiro atoms. The van der Waals surface area contributed by atoms with E-state index < -0.39 is 12.0 Å². The zero-order valence-corrected chi connectivity index (χ0v) is 23.5. The molecule has 5 rings (SSSR count). The van der Waals surface area contributed by atoms with Crippen molar-refractivity contribution in [1.82, 2.24) is 9.88 Å². The fourth-order valence-electron chi connectivity index (χ4n) is 4.81. The smallest absolute Gasteiger partial charge is 0.335 e. The molecule has 1 atom stereocenters. The summed E-state index contributed by atoms with van der Waals surface area (Å²) in [7, 11) is 3.17. The molecule has 0 aliphatic carbocycles. The predicted octanol–water partition coefficient (Wildman–Crippen LogP) is 5.69. The summed E-state index contributed by atoms with van der Waals surface area (Å²) in [5, 5.41) is 14.9. The Kier molecular flexibility index (Phi) is 7.84. The van der Waals surface area contributed by atoms with Gasteiger partial charge in [-0.2, -0.15) is 0 Å². The van der Waals surface area contributed by atoms with Crippen LogP contribution in [-0.4, -0.2) is 47.1 Å². The number of hydrogen-bond donors (Lipinski definition) is 2. The minimum Gasteiger partial charge on any atom is -0.497 e. The van der Waals surface area contributed by atoms with Gasteiger partial charge < -0.3 is 15.2 Å². The van der Waals surface area contributed by atoms with E-state index in [0.29, 0.717) is 50.5 Å². The first kappa shape index (κ1) is 27.6. The van der Waals surface area contributed by atoms with Crippen molar-refractivity contribution in [3.05, 3.63) is 106 Å². The first-order valence-electron chi connectivity index (χ1n) is 12.7. The van der Waals surface area contributed by atoms with Crippen LogP contribution in [0.2, 0.25) is 0 Å². The topological polar surface area (TPSA) is 118 Å². The van der Waals surface area contributed by atoms with Crippen LogP contribution >= 0.6 is 11.8 Å². The van der Waals surface area contributed by atoms with E-state index in [-0.39, 0.29) is 11.1 Å². The van der Waals surface area contributed by atoms with Gasteiger partial charge in [0.15, 0.2) is 5.82 Å². The second-order valence-electron chi connectivity index (χ2n) is 9.17. The summed E-state index contributed by atoms with van der Waals surface area (Å²) in [6.07, 6.45) is 0. The molecule has 41 heavy (non-hydrogen) atoms. The van der Waals surface area contributed by atoms with Crippen LogP contribution in [0, 0.1) is 0 Å². The molecule has 3 aromatic carbocycles. The van der Waals surface area contributed by atoms with Crippen molar-refractivity contribution in [3.8, 4) is 22.6 Å². The van der Waals surface area contributed by atoms with E-state index in [2.05, 4.69) is 27.0 Å². The van der Waals surface area contributed by atoms with Gasteiger partial charge in [-0.25, -0.2) is 14.8 Å². The van der Waals surface area contributed by atoms with Crippen molar-refractivity contribution in [2.75, 3.05) is 14.2 Å². The third-order valence-electron chi connectivity index (χ3n) is 6.72. The van der Waals surface area contributed by atoms with Crippen LogP contribution in [0.25, 0.3) is 27.6 Å². The number of aliphatic imine (C=N–C) groups is 3. The third-order valence-corrected chi connectivity index (χ3v) is 7.53. The van der Waals surface area contributed by atoms with Crippen molar-refractivity contribution in [1.29, 1.82) is 0 Å². The molecule has 0 amide bonds. The number of aromatic nitrogens is 1. The maximum atomic E-state index is 14.4. The zero-order chi connectivity index (χ0) is 29.1. The molecule has 0 radical (unpaired) electrons. The molecule has 2 N–H and O–H groups in total. The minimum atomic E-state index is -1.09. The molecule has 1 aliphatic rings. The maximum absolute atomic E-state index is 14.4. The van der Waals surface area contributed by atoms with Gasteiger partial charge in [0, 0.05) is 18.4 Å². The van der Waals surface area contributed by atoms with Crippen LogP contribution in [0.5, 0.6) is 5.75 Å². The summed E-state index contributed by atoms with van der Waals surface area (Å²) in [4.78, 5) is 39.1. The van der Waals surface area contributed by atoms with Crippen LogP contribution in [-0.2, 0) is 0 Å². The highest BCUT2D eigenvalue weighted by Crippen LogP contribution is 2.33. The Morgan fingerprint density at radius 3 is 2.59 bits per heavy atom. The van der Waals surface area contributed by atoms with E-state index in [1.807, 2.05) is 61.5 Å². The van der Waals surface area contributed by atoms with E-state index in [1.165, 1.54) is 24.9 Å². The van der Waals surface area contributed by atoms with Gasteiger partial charge in [-0.05, 0) is 66.6 Å². The fourth-order valence-corrected chi connectivity index (χ4v) is 5.43. The first-order chi connectivity index (χ1) is 19.9. The average Bonchev–Trinajstić information content (AvgIpc) is 3.48. The summed E-state index contributed by atoms with van der Waals surface area (Å²) < 4.78 is 7.03. The van der Waals surface area contributed by atoms with Gasteiger partial charge >= 0.3 is 5.97 Å². The average molecular weight is 566 g/mol. The molecule has 206 valence electrons.